The summed E-state index contributed by atoms with van der Waals surface area (Å²) in [6.45, 7) is 3.52. The molecule has 0 amide bonds. The first-order valence-electron chi connectivity index (χ1n) is 11.1. The Hall–Kier alpha value is -0.0800. The first kappa shape index (κ1) is 22.0. The van der Waals surface area contributed by atoms with Crippen LogP contribution in [-0.2, 0) is 0 Å². The van der Waals surface area contributed by atoms with Gasteiger partial charge in [0.1, 0.15) is 12.1 Å². The molecule has 0 heterocycles. The number of quaternary nitrogens is 1. The van der Waals surface area contributed by atoms with E-state index in [4.69, 9.17) is 0 Å². The van der Waals surface area contributed by atoms with Crippen molar-refractivity contribution in [3.8, 4) is 0 Å². The molecule has 1 N–H and O–H groups in total. The fourth-order valence-corrected chi connectivity index (χ4v) is 4.43. The molecule has 144 valence electrons. The van der Waals surface area contributed by atoms with Crippen molar-refractivity contribution in [3.05, 3.63) is 0 Å². The van der Waals surface area contributed by atoms with Crippen molar-refractivity contribution < 1.29 is 9.59 Å². The molecule has 1 aliphatic rings. The molecular weight excluding hydrogens is 294 g/mol. The van der Waals surface area contributed by atoms with Crippen LogP contribution in [0.1, 0.15) is 110 Å². The van der Waals surface area contributed by atoms with Crippen molar-refractivity contribution >= 4 is 0 Å². The van der Waals surface area contributed by atoms with Gasteiger partial charge in [0.05, 0.1) is 20.6 Å². The highest BCUT2D eigenvalue weighted by molar-refractivity contribution is 4.75. The van der Waals surface area contributed by atoms with Crippen LogP contribution in [0.5, 0.6) is 0 Å². The largest absolute Gasteiger partial charge is 0.387 e. The van der Waals surface area contributed by atoms with E-state index in [1.807, 2.05) is 0 Å². The lowest BCUT2D eigenvalue weighted by Crippen LogP contribution is -2.56. The van der Waals surface area contributed by atoms with Crippen LogP contribution in [0.4, 0.5) is 0 Å². The van der Waals surface area contributed by atoms with Crippen LogP contribution < -0.4 is 0 Å². The van der Waals surface area contributed by atoms with Gasteiger partial charge < -0.3 is 9.59 Å². The van der Waals surface area contributed by atoms with Gasteiger partial charge in [-0.2, -0.15) is 0 Å². The van der Waals surface area contributed by atoms with Gasteiger partial charge in [-0.15, -0.1) is 0 Å². The maximum absolute atomic E-state index is 10.3. The molecule has 0 aliphatic heterocycles. The van der Waals surface area contributed by atoms with Crippen LogP contribution in [0, 0.1) is 0 Å². The van der Waals surface area contributed by atoms with Crippen molar-refractivity contribution in [3.63, 3.8) is 0 Å². The SMILES string of the molecule is CCCCCCCCCCCCCC[N+](C)(C)C1CCCCC1O. The Kier molecular flexibility index (Phi) is 12.0. The quantitative estimate of drug-likeness (QED) is 0.301. The second-order valence-electron chi connectivity index (χ2n) is 8.81. The summed E-state index contributed by atoms with van der Waals surface area (Å²) < 4.78 is 1.03. The highest BCUT2D eigenvalue weighted by Crippen LogP contribution is 2.26. The molecule has 1 aliphatic carbocycles. The molecule has 1 fully saturated rings. The highest BCUT2D eigenvalue weighted by Gasteiger charge is 2.35. The summed E-state index contributed by atoms with van der Waals surface area (Å²) >= 11 is 0. The molecule has 0 saturated heterocycles. The summed E-state index contributed by atoms with van der Waals surface area (Å²) in [5.74, 6) is 0. The fraction of sp³-hybridized carbons (Fsp3) is 1.00. The van der Waals surface area contributed by atoms with Crippen molar-refractivity contribution in [1.29, 1.82) is 0 Å². The number of unbranched alkanes of at least 4 members (excludes halogenated alkanes) is 11. The van der Waals surface area contributed by atoms with Crippen molar-refractivity contribution in [1.82, 2.24) is 0 Å². The molecule has 2 nitrogen and oxygen atoms in total. The zero-order valence-corrected chi connectivity index (χ0v) is 17.1. The predicted molar refractivity (Wildman–Crippen MR) is 106 cm³/mol. The summed E-state index contributed by atoms with van der Waals surface area (Å²) in [5, 5.41) is 10.3. The lowest BCUT2D eigenvalue weighted by Gasteiger charge is -2.42. The van der Waals surface area contributed by atoms with E-state index in [2.05, 4.69) is 21.0 Å². The molecule has 0 bridgehead atoms. The van der Waals surface area contributed by atoms with Crippen molar-refractivity contribution in [2.75, 3.05) is 20.6 Å². The smallest absolute Gasteiger partial charge is 0.115 e. The minimum Gasteiger partial charge on any atom is -0.387 e. The number of hydrogen-bond donors (Lipinski definition) is 1. The van der Waals surface area contributed by atoms with E-state index in [0.29, 0.717) is 6.04 Å². The Balaban J connectivity index is 1.94. The summed E-state index contributed by atoms with van der Waals surface area (Å²) in [7, 11) is 4.66. The normalized spacial score (nSPS) is 22.0. The zero-order chi connectivity index (χ0) is 17.7. The summed E-state index contributed by atoms with van der Waals surface area (Å²) in [4.78, 5) is 0. The number of nitrogens with zero attached hydrogens (tertiary/aromatic N) is 1. The Morgan fingerprint density at radius 2 is 1.17 bits per heavy atom. The molecule has 2 atom stereocenters. The number of likely N-dealkylation sites (N-methyl/N-ethyl adjacent to an activating group) is 1. The summed E-state index contributed by atoms with van der Waals surface area (Å²) in [5.41, 5.74) is 0. The van der Waals surface area contributed by atoms with Crippen molar-refractivity contribution in [2.24, 2.45) is 0 Å². The fourth-order valence-electron chi connectivity index (χ4n) is 4.43. The zero-order valence-electron chi connectivity index (χ0n) is 17.1. The lowest BCUT2D eigenvalue weighted by atomic mass is 9.90. The molecule has 2 heteroatoms. The van der Waals surface area contributed by atoms with E-state index in [1.165, 1.54) is 103 Å². The molecular formula is C22H46NO+. The van der Waals surface area contributed by atoms with Crippen LogP contribution in [0.3, 0.4) is 0 Å². The minimum absolute atomic E-state index is 0.0638. The van der Waals surface area contributed by atoms with Gasteiger partial charge in [0.15, 0.2) is 0 Å². The third-order valence-corrected chi connectivity index (χ3v) is 6.18. The topological polar surface area (TPSA) is 20.2 Å². The molecule has 0 aromatic rings. The van der Waals surface area contributed by atoms with E-state index in [-0.39, 0.29) is 6.10 Å². The lowest BCUT2D eigenvalue weighted by molar-refractivity contribution is -0.920. The summed E-state index contributed by atoms with van der Waals surface area (Å²) in [6, 6.07) is 0.478. The van der Waals surface area contributed by atoms with Gasteiger partial charge in [-0.3, -0.25) is 0 Å². The van der Waals surface area contributed by atoms with Gasteiger partial charge in [-0.05, 0) is 25.7 Å². The van der Waals surface area contributed by atoms with Crippen LogP contribution in [0.2, 0.25) is 0 Å². The molecule has 1 rings (SSSR count). The van der Waals surface area contributed by atoms with Crippen LogP contribution in [0.25, 0.3) is 0 Å². The molecule has 0 aromatic heterocycles. The van der Waals surface area contributed by atoms with E-state index in [0.717, 1.165) is 10.9 Å². The number of hydrogen-bond acceptors (Lipinski definition) is 1. The molecule has 0 radical (unpaired) electrons. The van der Waals surface area contributed by atoms with E-state index in [9.17, 15) is 5.11 Å². The average Bonchev–Trinajstić information content (AvgIpc) is 2.56. The molecule has 1 saturated carbocycles. The average molecular weight is 341 g/mol. The first-order chi connectivity index (χ1) is 11.6. The summed E-state index contributed by atoms with van der Waals surface area (Å²) in [6.07, 6.45) is 21.7. The Bertz CT molecular complexity index is 290. The molecule has 24 heavy (non-hydrogen) atoms. The van der Waals surface area contributed by atoms with Gasteiger partial charge in [-0.1, -0.05) is 77.6 Å². The van der Waals surface area contributed by atoms with Gasteiger partial charge in [-0.25, -0.2) is 0 Å². The second-order valence-corrected chi connectivity index (χ2v) is 8.81. The van der Waals surface area contributed by atoms with Crippen LogP contribution in [0.15, 0.2) is 0 Å². The van der Waals surface area contributed by atoms with Gasteiger partial charge in [0, 0.05) is 6.42 Å². The Morgan fingerprint density at radius 1 is 0.708 bits per heavy atom. The molecule has 2 unspecified atom stereocenters. The van der Waals surface area contributed by atoms with Crippen LogP contribution in [-0.4, -0.2) is 42.4 Å². The molecule has 0 spiro atoms. The maximum atomic E-state index is 10.3. The van der Waals surface area contributed by atoms with Gasteiger partial charge >= 0.3 is 0 Å². The number of rotatable bonds is 14. The van der Waals surface area contributed by atoms with E-state index in [1.54, 1.807) is 0 Å². The number of aliphatic hydroxyl groups excluding tert-OH is 1. The third kappa shape index (κ3) is 9.42. The first-order valence-corrected chi connectivity index (χ1v) is 11.1. The monoisotopic (exact) mass is 340 g/mol. The maximum Gasteiger partial charge on any atom is 0.115 e. The minimum atomic E-state index is -0.0638. The van der Waals surface area contributed by atoms with Gasteiger partial charge in [0.2, 0.25) is 0 Å². The predicted octanol–water partition coefficient (Wildman–Crippen LogP) is 6.07. The highest BCUT2D eigenvalue weighted by atomic mass is 16.3. The van der Waals surface area contributed by atoms with E-state index >= 15 is 0 Å². The van der Waals surface area contributed by atoms with E-state index < -0.39 is 0 Å². The van der Waals surface area contributed by atoms with Gasteiger partial charge in [0.25, 0.3) is 0 Å². The van der Waals surface area contributed by atoms with Crippen LogP contribution >= 0.6 is 0 Å². The second kappa shape index (κ2) is 13.2. The standard InChI is InChI=1S/C22H46NO/c1-4-5-6-7-8-9-10-11-12-13-14-17-20-23(2,3)21-18-15-16-19-22(21)24/h21-22,24H,4-20H2,1-3H3/q+1. The Morgan fingerprint density at radius 3 is 1.67 bits per heavy atom. The molecule has 0 aromatic carbocycles. The Labute approximate surface area is 152 Å². The number of aliphatic hydroxyl groups is 1. The third-order valence-electron chi connectivity index (χ3n) is 6.18. The van der Waals surface area contributed by atoms with Crippen molar-refractivity contribution in [2.45, 2.75) is 122 Å².